The highest BCUT2D eigenvalue weighted by Gasteiger charge is 2.33. The normalized spacial score (nSPS) is 12.3. The van der Waals surface area contributed by atoms with Gasteiger partial charge in [-0.05, 0) is 30.3 Å². The van der Waals surface area contributed by atoms with Gasteiger partial charge in [0.1, 0.15) is 0 Å². The minimum atomic E-state index is -4.67. The van der Waals surface area contributed by atoms with E-state index in [4.69, 9.17) is 17.3 Å². The summed E-state index contributed by atoms with van der Waals surface area (Å²) in [5.41, 5.74) is 3.65. The van der Waals surface area contributed by atoms with Crippen molar-refractivity contribution in [2.45, 2.75) is 12.5 Å². The summed E-state index contributed by atoms with van der Waals surface area (Å²) >= 11 is 5.52. The van der Waals surface area contributed by atoms with Gasteiger partial charge in [-0.1, -0.05) is 23.7 Å². The Morgan fingerprint density at radius 1 is 1.19 bits per heavy atom. The molecule has 0 heterocycles. The zero-order chi connectivity index (χ0) is 19.5. The van der Waals surface area contributed by atoms with Crippen molar-refractivity contribution in [3.63, 3.8) is 0 Å². The van der Waals surface area contributed by atoms with Gasteiger partial charge in [0, 0.05) is 16.8 Å². The lowest BCUT2D eigenvalue weighted by molar-refractivity contribution is -0.137. The molecule has 2 amide bonds. The molecular weight excluding hydrogens is 377 g/mol. The molecule has 1 unspecified atom stereocenters. The second kappa shape index (κ2) is 7.63. The first-order chi connectivity index (χ1) is 12.1. The molecule has 6 nitrogen and oxygen atoms in total. The molecular formula is C16H12ClF3N2O4. The van der Waals surface area contributed by atoms with Crippen molar-refractivity contribution in [3.8, 4) is 0 Å². The van der Waals surface area contributed by atoms with E-state index in [0.717, 1.165) is 6.07 Å². The van der Waals surface area contributed by atoms with Crippen LogP contribution in [0.2, 0.25) is 5.02 Å². The van der Waals surface area contributed by atoms with E-state index in [9.17, 15) is 27.9 Å². The number of alkyl halides is 3. The number of primary amides is 1. The number of halogens is 4. The Labute approximate surface area is 150 Å². The summed E-state index contributed by atoms with van der Waals surface area (Å²) < 4.78 is 43.0. The molecule has 0 aliphatic heterocycles. The molecule has 0 aliphatic rings. The lowest BCUT2D eigenvalue weighted by Gasteiger charge is -2.13. The van der Waals surface area contributed by atoms with Gasteiger partial charge in [0.2, 0.25) is 6.29 Å². The number of amides is 2. The molecule has 0 bridgehead atoms. The summed E-state index contributed by atoms with van der Waals surface area (Å²) in [4.78, 5) is 22.9. The molecule has 0 saturated carbocycles. The van der Waals surface area contributed by atoms with Crippen molar-refractivity contribution in [1.29, 1.82) is 0 Å². The van der Waals surface area contributed by atoms with Crippen LogP contribution < -0.4 is 11.1 Å². The molecule has 2 aromatic carbocycles. The highest BCUT2D eigenvalue weighted by molar-refractivity contribution is 6.31. The van der Waals surface area contributed by atoms with Crippen molar-refractivity contribution in [3.05, 3.63) is 64.2 Å². The first kappa shape index (κ1) is 19.5. The Balaban J connectivity index is 2.22. The van der Waals surface area contributed by atoms with Crippen molar-refractivity contribution in [1.82, 2.24) is 0 Å². The number of aliphatic hydroxyl groups is 1. The van der Waals surface area contributed by atoms with Crippen LogP contribution in [0.5, 0.6) is 0 Å². The highest BCUT2D eigenvalue weighted by Crippen LogP contribution is 2.36. The summed E-state index contributed by atoms with van der Waals surface area (Å²) in [6.45, 7) is 0. The van der Waals surface area contributed by atoms with E-state index < -0.39 is 35.1 Å². The number of carbonyl (C=O) groups is 2. The number of aliphatic hydroxyl groups excluding tert-OH is 1. The van der Waals surface area contributed by atoms with E-state index >= 15 is 0 Å². The van der Waals surface area contributed by atoms with Crippen LogP contribution in [0.3, 0.4) is 0 Å². The van der Waals surface area contributed by atoms with Gasteiger partial charge in [0.05, 0.1) is 10.6 Å². The second-order valence-corrected chi connectivity index (χ2v) is 5.47. The zero-order valence-corrected chi connectivity index (χ0v) is 13.6. The minimum absolute atomic E-state index is 0.0122. The number of benzene rings is 2. The Hall–Kier alpha value is -2.78. The summed E-state index contributed by atoms with van der Waals surface area (Å²) in [6, 6.07) is 8.25. The molecule has 0 aliphatic carbocycles. The van der Waals surface area contributed by atoms with Crippen LogP contribution >= 0.6 is 11.6 Å². The molecule has 4 N–H and O–H groups in total. The van der Waals surface area contributed by atoms with Gasteiger partial charge < -0.3 is 20.9 Å². The first-order valence-corrected chi connectivity index (χ1v) is 7.38. The first-order valence-electron chi connectivity index (χ1n) is 7.00. The monoisotopic (exact) mass is 388 g/mol. The van der Waals surface area contributed by atoms with Crippen LogP contribution in [0, 0.1) is 0 Å². The SMILES string of the molecule is NC(=O)OC(O)c1cccc(C(=O)Nc2ccc(Cl)c(C(F)(F)F)c2)c1. The fraction of sp³-hybridized carbons (Fsp3) is 0.125. The van der Waals surface area contributed by atoms with E-state index in [1.165, 1.54) is 30.3 Å². The van der Waals surface area contributed by atoms with Crippen LogP contribution in [0.15, 0.2) is 42.5 Å². The predicted octanol–water partition coefficient (Wildman–Crippen LogP) is 3.70. The fourth-order valence-electron chi connectivity index (χ4n) is 2.04. The maximum absolute atomic E-state index is 12.9. The third-order valence-electron chi connectivity index (χ3n) is 3.19. The van der Waals surface area contributed by atoms with E-state index in [-0.39, 0.29) is 16.8 Å². The molecule has 0 aromatic heterocycles. The third kappa shape index (κ3) is 4.87. The Kier molecular flexibility index (Phi) is 5.73. The van der Waals surface area contributed by atoms with Gasteiger partial charge in [0.25, 0.3) is 5.91 Å². The Morgan fingerprint density at radius 2 is 1.88 bits per heavy atom. The van der Waals surface area contributed by atoms with Crippen molar-refractivity contribution >= 4 is 29.3 Å². The summed E-state index contributed by atoms with van der Waals surface area (Å²) in [7, 11) is 0. The number of nitrogens with one attached hydrogen (secondary N) is 1. The molecule has 10 heteroatoms. The highest BCUT2D eigenvalue weighted by atomic mass is 35.5. The number of rotatable bonds is 4. The van der Waals surface area contributed by atoms with Gasteiger partial charge in [-0.15, -0.1) is 0 Å². The van der Waals surface area contributed by atoms with E-state index in [1.54, 1.807) is 0 Å². The molecule has 138 valence electrons. The van der Waals surface area contributed by atoms with E-state index in [1.807, 2.05) is 0 Å². The largest absolute Gasteiger partial charge is 0.417 e. The molecule has 2 aromatic rings. The van der Waals surface area contributed by atoms with Gasteiger partial charge in [-0.25, -0.2) is 4.79 Å². The van der Waals surface area contributed by atoms with Gasteiger partial charge in [0.15, 0.2) is 0 Å². The molecule has 0 radical (unpaired) electrons. The maximum Gasteiger partial charge on any atom is 0.417 e. The number of anilines is 1. The van der Waals surface area contributed by atoms with Crippen LogP contribution in [0.25, 0.3) is 0 Å². The Morgan fingerprint density at radius 3 is 2.50 bits per heavy atom. The average molecular weight is 389 g/mol. The van der Waals surface area contributed by atoms with Crippen LogP contribution in [-0.2, 0) is 10.9 Å². The second-order valence-electron chi connectivity index (χ2n) is 5.06. The number of carbonyl (C=O) groups excluding carboxylic acids is 2. The van der Waals surface area contributed by atoms with Crippen molar-refractivity contribution in [2.24, 2.45) is 5.73 Å². The third-order valence-corrected chi connectivity index (χ3v) is 3.52. The lowest BCUT2D eigenvalue weighted by atomic mass is 10.1. The van der Waals surface area contributed by atoms with Crippen LogP contribution in [0.1, 0.15) is 27.8 Å². The smallest absolute Gasteiger partial charge is 0.415 e. The van der Waals surface area contributed by atoms with E-state index in [2.05, 4.69) is 10.1 Å². The standard InChI is InChI=1S/C16H12ClF3N2O4/c17-12-5-4-10(7-11(12)16(18,19)20)22-13(23)8-2-1-3-9(6-8)14(24)26-15(21)25/h1-7,14,24H,(H2,21,25)(H,22,23). The summed E-state index contributed by atoms with van der Waals surface area (Å²) in [5, 5.41) is 11.4. The molecule has 1 atom stereocenters. The van der Waals surface area contributed by atoms with Gasteiger partial charge in [-0.2, -0.15) is 13.2 Å². The lowest BCUT2D eigenvalue weighted by Crippen LogP contribution is -2.18. The Bertz CT molecular complexity index is 842. The summed E-state index contributed by atoms with van der Waals surface area (Å²) in [6.07, 6.45) is -7.57. The molecule has 0 saturated heterocycles. The minimum Gasteiger partial charge on any atom is -0.415 e. The number of hydrogen-bond acceptors (Lipinski definition) is 4. The molecule has 26 heavy (non-hydrogen) atoms. The quantitative estimate of drug-likeness (QED) is 0.695. The van der Waals surface area contributed by atoms with Crippen LogP contribution in [0.4, 0.5) is 23.7 Å². The number of ether oxygens (including phenoxy) is 1. The average Bonchev–Trinajstić information content (AvgIpc) is 2.55. The van der Waals surface area contributed by atoms with Crippen molar-refractivity contribution < 1.29 is 32.6 Å². The van der Waals surface area contributed by atoms with Gasteiger partial charge in [-0.3, -0.25) is 4.79 Å². The zero-order valence-electron chi connectivity index (χ0n) is 12.9. The maximum atomic E-state index is 12.9. The molecule has 0 fully saturated rings. The fourth-order valence-corrected chi connectivity index (χ4v) is 2.26. The molecule has 0 spiro atoms. The topological polar surface area (TPSA) is 102 Å². The van der Waals surface area contributed by atoms with E-state index in [0.29, 0.717) is 6.07 Å². The van der Waals surface area contributed by atoms with Gasteiger partial charge >= 0.3 is 12.3 Å². The van der Waals surface area contributed by atoms with Crippen LogP contribution in [-0.4, -0.2) is 17.1 Å². The predicted molar refractivity (Wildman–Crippen MR) is 86.5 cm³/mol. The number of nitrogens with two attached hydrogens (primary N) is 1. The molecule has 2 rings (SSSR count). The summed E-state index contributed by atoms with van der Waals surface area (Å²) in [5.74, 6) is -0.742. The van der Waals surface area contributed by atoms with Crippen molar-refractivity contribution in [2.75, 3.05) is 5.32 Å². The number of hydrogen-bond donors (Lipinski definition) is 3.